The first-order valence-electron chi connectivity index (χ1n) is 9.80. The van der Waals surface area contributed by atoms with Crippen LogP contribution in [0.2, 0.25) is 0 Å². The second kappa shape index (κ2) is 9.19. The summed E-state index contributed by atoms with van der Waals surface area (Å²) >= 11 is 0. The van der Waals surface area contributed by atoms with E-state index in [0.717, 1.165) is 12.1 Å². The first kappa shape index (κ1) is 21.7. The third-order valence-corrected chi connectivity index (χ3v) is 6.82. The molecule has 0 atom stereocenters. The Labute approximate surface area is 176 Å². The van der Waals surface area contributed by atoms with E-state index in [1.54, 1.807) is 38.4 Å². The van der Waals surface area contributed by atoms with Gasteiger partial charge in [0.1, 0.15) is 6.33 Å². The third kappa shape index (κ3) is 4.42. The molecule has 0 saturated carbocycles. The number of carbonyl (C=O) groups excluding carboxylic acids is 1. The number of aryl methyl sites for hydroxylation is 1. The maximum absolute atomic E-state index is 12.8. The lowest BCUT2D eigenvalue weighted by Gasteiger charge is -2.18. The van der Waals surface area contributed by atoms with Crippen LogP contribution in [0.25, 0.3) is 11.4 Å². The number of anilines is 1. The van der Waals surface area contributed by atoms with Gasteiger partial charge < -0.3 is 9.88 Å². The van der Waals surface area contributed by atoms with E-state index in [-0.39, 0.29) is 16.4 Å². The highest BCUT2D eigenvalue weighted by atomic mass is 32.2. The highest BCUT2D eigenvalue weighted by Crippen LogP contribution is 2.22. The summed E-state index contributed by atoms with van der Waals surface area (Å²) in [6.07, 6.45) is 1.66. The molecule has 1 aromatic heterocycles. The Bertz CT molecular complexity index is 1140. The monoisotopic (exact) mass is 427 g/mol. The summed E-state index contributed by atoms with van der Waals surface area (Å²) < 4.78 is 28.7. The molecule has 1 heterocycles. The molecule has 158 valence electrons. The van der Waals surface area contributed by atoms with Crippen molar-refractivity contribution in [2.75, 3.05) is 18.4 Å². The Morgan fingerprint density at radius 3 is 2.50 bits per heavy atom. The van der Waals surface area contributed by atoms with Gasteiger partial charge in [-0.3, -0.25) is 4.79 Å². The van der Waals surface area contributed by atoms with Gasteiger partial charge in [-0.2, -0.15) is 4.31 Å². The normalized spacial score (nSPS) is 11.6. The second-order valence-corrected chi connectivity index (χ2v) is 8.53. The molecule has 3 aromatic rings. The molecule has 0 unspecified atom stereocenters. The third-order valence-electron chi connectivity index (χ3n) is 4.77. The van der Waals surface area contributed by atoms with Crippen LogP contribution >= 0.6 is 0 Å². The highest BCUT2D eigenvalue weighted by molar-refractivity contribution is 7.89. The maximum atomic E-state index is 12.8. The summed E-state index contributed by atoms with van der Waals surface area (Å²) in [5.74, 6) is 0.321. The van der Waals surface area contributed by atoms with E-state index in [2.05, 4.69) is 15.5 Å². The van der Waals surface area contributed by atoms with Crippen LogP contribution in [0.4, 0.5) is 5.69 Å². The molecule has 0 fully saturated rings. The molecule has 0 spiro atoms. The van der Waals surface area contributed by atoms with Crippen molar-refractivity contribution in [3.63, 3.8) is 0 Å². The minimum Gasteiger partial charge on any atom is -0.322 e. The van der Waals surface area contributed by atoms with Crippen LogP contribution in [0.15, 0.2) is 59.8 Å². The van der Waals surface area contributed by atoms with E-state index in [9.17, 15) is 13.2 Å². The smallest absolute Gasteiger partial charge is 0.255 e. The number of rotatable bonds is 8. The van der Waals surface area contributed by atoms with Gasteiger partial charge in [-0.05, 0) is 37.3 Å². The van der Waals surface area contributed by atoms with Crippen molar-refractivity contribution in [3.8, 4) is 11.4 Å². The van der Waals surface area contributed by atoms with Gasteiger partial charge in [0, 0.05) is 36.4 Å². The molecular weight excluding hydrogens is 402 g/mol. The molecule has 30 heavy (non-hydrogen) atoms. The molecule has 8 nitrogen and oxygen atoms in total. The number of hydrogen-bond donors (Lipinski definition) is 1. The number of amides is 1. The summed E-state index contributed by atoms with van der Waals surface area (Å²) in [5, 5.41) is 10.9. The van der Waals surface area contributed by atoms with Crippen molar-refractivity contribution >= 4 is 21.6 Å². The Morgan fingerprint density at radius 1 is 1.07 bits per heavy atom. The Kier molecular flexibility index (Phi) is 6.63. The van der Waals surface area contributed by atoms with Crippen LogP contribution in [0.1, 0.15) is 31.1 Å². The fourth-order valence-electron chi connectivity index (χ4n) is 3.16. The SMILES string of the molecule is CCN(CC)S(=O)(=O)c1cccc(C(=O)Nc2cccc(-c3nncn3CC)c2)c1. The van der Waals surface area contributed by atoms with Crippen molar-refractivity contribution in [3.05, 3.63) is 60.4 Å². The number of benzene rings is 2. The number of carbonyl (C=O) groups is 1. The summed E-state index contributed by atoms with van der Waals surface area (Å²) in [6.45, 7) is 7.02. The molecule has 0 radical (unpaired) electrons. The molecule has 9 heteroatoms. The van der Waals surface area contributed by atoms with Crippen LogP contribution < -0.4 is 5.32 Å². The van der Waals surface area contributed by atoms with Gasteiger partial charge in [-0.25, -0.2) is 8.42 Å². The van der Waals surface area contributed by atoms with Crippen molar-refractivity contribution in [2.45, 2.75) is 32.2 Å². The zero-order valence-corrected chi connectivity index (χ0v) is 18.1. The van der Waals surface area contributed by atoms with E-state index in [1.165, 1.54) is 16.4 Å². The number of nitrogens with one attached hydrogen (secondary N) is 1. The predicted molar refractivity (Wildman–Crippen MR) is 116 cm³/mol. The Balaban J connectivity index is 1.85. The average Bonchev–Trinajstić information content (AvgIpc) is 3.23. The second-order valence-electron chi connectivity index (χ2n) is 6.59. The van der Waals surface area contributed by atoms with E-state index in [1.807, 2.05) is 29.7 Å². The quantitative estimate of drug-likeness (QED) is 0.595. The minimum atomic E-state index is -3.64. The zero-order valence-electron chi connectivity index (χ0n) is 17.2. The molecule has 0 aliphatic carbocycles. The fourth-order valence-corrected chi connectivity index (χ4v) is 4.66. The van der Waals surface area contributed by atoms with E-state index in [0.29, 0.717) is 24.6 Å². The Hall–Kier alpha value is -3.04. The molecule has 0 aliphatic heterocycles. The first-order valence-corrected chi connectivity index (χ1v) is 11.2. The molecule has 0 saturated heterocycles. The number of hydrogen-bond acceptors (Lipinski definition) is 5. The van der Waals surface area contributed by atoms with E-state index in [4.69, 9.17) is 0 Å². The number of nitrogens with zero attached hydrogens (tertiary/aromatic N) is 4. The molecule has 1 amide bonds. The predicted octanol–water partition coefficient (Wildman–Crippen LogP) is 3.25. The van der Waals surface area contributed by atoms with Crippen LogP contribution in [0.5, 0.6) is 0 Å². The van der Waals surface area contributed by atoms with Crippen LogP contribution in [0, 0.1) is 0 Å². The van der Waals surface area contributed by atoms with Gasteiger partial charge in [0.2, 0.25) is 10.0 Å². The van der Waals surface area contributed by atoms with Gasteiger partial charge in [0.25, 0.3) is 5.91 Å². The van der Waals surface area contributed by atoms with E-state index < -0.39 is 10.0 Å². The van der Waals surface area contributed by atoms with Crippen molar-refractivity contribution in [1.82, 2.24) is 19.1 Å². The standard InChI is InChI=1S/C21H25N5O3S/c1-4-25-15-22-24-20(25)16-9-7-11-18(13-16)23-21(27)17-10-8-12-19(14-17)30(28,29)26(5-2)6-3/h7-15H,4-6H2,1-3H3,(H,23,27). The van der Waals surface area contributed by atoms with Gasteiger partial charge in [0.15, 0.2) is 5.82 Å². The van der Waals surface area contributed by atoms with Crippen LogP contribution in [-0.4, -0.2) is 46.5 Å². The maximum Gasteiger partial charge on any atom is 0.255 e. The molecule has 0 aliphatic rings. The van der Waals surface area contributed by atoms with Crippen LogP contribution in [-0.2, 0) is 16.6 Å². The van der Waals surface area contributed by atoms with Crippen molar-refractivity contribution in [2.24, 2.45) is 0 Å². The van der Waals surface area contributed by atoms with Crippen molar-refractivity contribution in [1.29, 1.82) is 0 Å². The summed E-state index contributed by atoms with van der Waals surface area (Å²) in [6, 6.07) is 13.4. The van der Waals surface area contributed by atoms with E-state index >= 15 is 0 Å². The summed E-state index contributed by atoms with van der Waals surface area (Å²) in [5.41, 5.74) is 1.68. The highest BCUT2D eigenvalue weighted by Gasteiger charge is 2.22. The topological polar surface area (TPSA) is 97.2 Å². The summed E-state index contributed by atoms with van der Waals surface area (Å²) in [4.78, 5) is 12.9. The number of sulfonamides is 1. The van der Waals surface area contributed by atoms with Crippen molar-refractivity contribution < 1.29 is 13.2 Å². The lowest BCUT2D eigenvalue weighted by Crippen LogP contribution is -2.30. The van der Waals surface area contributed by atoms with Gasteiger partial charge in [-0.15, -0.1) is 10.2 Å². The lowest BCUT2D eigenvalue weighted by molar-refractivity contribution is 0.102. The molecule has 0 bridgehead atoms. The molecule has 1 N–H and O–H groups in total. The zero-order chi connectivity index (χ0) is 21.7. The first-order chi connectivity index (χ1) is 14.4. The average molecular weight is 428 g/mol. The fraction of sp³-hybridized carbons (Fsp3) is 0.286. The van der Waals surface area contributed by atoms with Gasteiger partial charge in [0.05, 0.1) is 4.90 Å². The summed E-state index contributed by atoms with van der Waals surface area (Å²) in [7, 11) is -3.64. The van der Waals surface area contributed by atoms with Crippen LogP contribution in [0.3, 0.4) is 0 Å². The van der Waals surface area contributed by atoms with Gasteiger partial charge in [-0.1, -0.05) is 32.0 Å². The molecule has 3 rings (SSSR count). The Morgan fingerprint density at radius 2 is 1.80 bits per heavy atom. The lowest BCUT2D eigenvalue weighted by atomic mass is 10.1. The van der Waals surface area contributed by atoms with Gasteiger partial charge >= 0.3 is 0 Å². The number of aromatic nitrogens is 3. The largest absolute Gasteiger partial charge is 0.322 e. The molecular formula is C21H25N5O3S. The molecule has 2 aromatic carbocycles. The minimum absolute atomic E-state index is 0.101.